The molecule has 0 saturated heterocycles. The van der Waals surface area contributed by atoms with Crippen LogP contribution in [0.2, 0.25) is 0 Å². The van der Waals surface area contributed by atoms with Crippen LogP contribution in [0.4, 0.5) is 0 Å². The van der Waals surface area contributed by atoms with Gasteiger partial charge in [-0.25, -0.2) is 9.78 Å². The molecule has 0 unspecified atom stereocenters. The molecule has 6 heteroatoms. The number of ether oxygens (including phenoxy) is 1. The van der Waals surface area contributed by atoms with Crippen LogP contribution in [-0.4, -0.2) is 27.4 Å². The second kappa shape index (κ2) is 3.38. The number of rotatable bonds is 1. The van der Waals surface area contributed by atoms with E-state index in [1.54, 1.807) is 23.0 Å². The molecule has 0 aliphatic heterocycles. The van der Waals surface area contributed by atoms with Crippen LogP contribution in [0.1, 0.15) is 10.5 Å². The number of hydrogen-bond acceptors (Lipinski definition) is 4. The number of nitrogens with zero attached hydrogens (tertiary/aromatic N) is 3. The van der Waals surface area contributed by atoms with Crippen LogP contribution in [0, 0.1) is 0 Å². The van der Waals surface area contributed by atoms with Crippen molar-refractivity contribution < 1.29 is 9.53 Å². The van der Waals surface area contributed by atoms with E-state index in [9.17, 15) is 4.79 Å². The van der Waals surface area contributed by atoms with Gasteiger partial charge in [0.1, 0.15) is 4.60 Å². The lowest BCUT2D eigenvalue weighted by Crippen LogP contribution is -2.00. The Labute approximate surface area is 87.9 Å². The Morgan fingerprint density at radius 2 is 2.36 bits per heavy atom. The predicted octanol–water partition coefficient (Wildman–Crippen LogP) is 1.28. The van der Waals surface area contributed by atoms with E-state index in [-0.39, 0.29) is 5.69 Å². The van der Waals surface area contributed by atoms with E-state index in [0.717, 1.165) is 4.60 Å². The van der Waals surface area contributed by atoms with Gasteiger partial charge in [0.15, 0.2) is 11.3 Å². The Hall–Kier alpha value is -1.43. The van der Waals surface area contributed by atoms with Crippen molar-refractivity contribution in [2.45, 2.75) is 0 Å². The smallest absolute Gasteiger partial charge is 0.358 e. The van der Waals surface area contributed by atoms with Gasteiger partial charge in [0.05, 0.1) is 19.5 Å². The van der Waals surface area contributed by atoms with Crippen LogP contribution in [0.15, 0.2) is 23.2 Å². The molecule has 0 aromatic carbocycles. The number of carbonyl (C=O) groups excluding carboxylic acids is 1. The van der Waals surface area contributed by atoms with Gasteiger partial charge in [-0.3, -0.25) is 9.38 Å². The standard InChI is InChI=1S/C8H6BrN3O2/c1-14-8(13)5-4-12-6(9)2-10-3-7(12)11-5/h2-4H,1H3. The molecule has 0 radical (unpaired) electrons. The number of carbonyl (C=O) groups is 1. The molecule has 0 aliphatic rings. The number of methoxy groups -OCH3 is 1. The first-order valence-electron chi connectivity index (χ1n) is 3.79. The van der Waals surface area contributed by atoms with Gasteiger partial charge in [-0.2, -0.15) is 0 Å². The van der Waals surface area contributed by atoms with Gasteiger partial charge in [-0.05, 0) is 15.9 Å². The van der Waals surface area contributed by atoms with Crippen LogP contribution in [0.5, 0.6) is 0 Å². The van der Waals surface area contributed by atoms with Gasteiger partial charge in [-0.1, -0.05) is 0 Å². The molecule has 0 bridgehead atoms. The number of halogens is 1. The summed E-state index contributed by atoms with van der Waals surface area (Å²) in [5.41, 5.74) is 0.862. The SMILES string of the molecule is COC(=O)c1cn2c(Br)cncc2n1. The van der Waals surface area contributed by atoms with E-state index >= 15 is 0 Å². The summed E-state index contributed by atoms with van der Waals surface area (Å²) in [6, 6.07) is 0. The molecule has 2 heterocycles. The van der Waals surface area contributed by atoms with Gasteiger partial charge in [-0.15, -0.1) is 0 Å². The summed E-state index contributed by atoms with van der Waals surface area (Å²) >= 11 is 3.29. The van der Waals surface area contributed by atoms with Crippen LogP contribution in [-0.2, 0) is 4.74 Å². The second-order valence-corrected chi connectivity index (χ2v) is 3.39. The first-order valence-corrected chi connectivity index (χ1v) is 4.58. The van der Waals surface area contributed by atoms with Crippen molar-refractivity contribution in [2.24, 2.45) is 0 Å². The number of fused-ring (bicyclic) bond motifs is 1. The van der Waals surface area contributed by atoms with Crippen molar-refractivity contribution in [1.29, 1.82) is 0 Å². The predicted molar refractivity (Wildman–Crippen MR) is 52.0 cm³/mol. The highest BCUT2D eigenvalue weighted by Gasteiger charge is 2.11. The van der Waals surface area contributed by atoms with E-state index in [1.807, 2.05) is 0 Å². The molecule has 0 saturated carbocycles. The molecule has 0 aliphatic carbocycles. The lowest BCUT2D eigenvalue weighted by Gasteiger charge is -1.93. The van der Waals surface area contributed by atoms with Crippen LogP contribution >= 0.6 is 15.9 Å². The van der Waals surface area contributed by atoms with Gasteiger partial charge in [0.2, 0.25) is 0 Å². The van der Waals surface area contributed by atoms with Crippen molar-refractivity contribution in [3.8, 4) is 0 Å². The minimum absolute atomic E-state index is 0.265. The van der Waals surface area contributed by atoms with E-state index in [1.165, 1.54) is 7.11 Å². The third-order valence-corrected chi connectivity index (χ3v) is 2.32. The minimum atomic E-state index is -0.458. The third kappa shape index (κ3) is 1.37. The molecule has 0 atom stereocenters. The topological polar surface area (TPSA) is 56.5 Å². The first-order chi connectivity index (χ1) is 6.72. The fourth-order valence-corrected chi connectivity index (χ4v) is 1.49. The zero-order valence-corrected chi connectivity index (χ0v) is 8.85. The average Bonchev–Trinajstić information content (AvgIpc) is 2.62. The third-order valence-electron chi connectivity index (χ3n) is 1.73. The Morgan fingerprint density at radius 1 is 1.57 bits per heavy atom. The molecule has 72 valence electrons. The van der Waals surface area contributed by atoms with Crippen molar-refractivity contribution >= 4 is 27.5 Å². The normalized spacial score (nSPS) is 10.4. The maximum atomic E-state index is 11.2. The van der Waals surface area contributed by atoms with Crippen molar-refractivity contribution in [2.75, 3.05) is 7.11 Å². The lowest BCUT2D eigenvalue weighted by atomic mass is 10.5. The van der Waals surface area contributed by atoms with Crippen LogP contribution in [0.3, 0.4) is 0 Å². The molecular weight excluding hydrogens is 250 g/mol. The van der Waals surface area contributed by atoms with E-state index in [0.29, 0.717) is 5.65 Å². The first kappa shape index (κ1) is 9.14. The average molecular weight is 256 g/mol. The highest BCUT2D eigenvalue weighted by molar-refractivity contribution is 9.10. The van der Waals surface area contributed by atoms with Crippen LogP contribution in [0.25, 0.3) is 5.65 Å². The summed E-state index contributed by atoms with van der Waals surface area (Å²) in [7, 11) is 1.32. The summed E-state index contributed by atoms with van der Waals surface area (Å²) in [5.74, 6) is -0.458. The Morgan fingerprint density at radius 3 is 3.00 bits per heavy atom. The van der Waals surface area contributed by atoms with Gasteiger partial charge < -0.3 is 4.74 Å². The molecule has 0 amide bonds. The molecule has 0 fully saturated rings. The molecular formula is C8H6BrN3O2. The number of imidazole rings is 1. The fraction of sp³-hybridized carbons (Fsp3) is 0.125. The van der Waals surface area contributed by atoms with Gasteiger partial charge in [0, 0.05) is 6.20 Å². The molecule has 2 aromatic rings. The Balaban J connectivity index is 2.62. The number of aromatic nitrogens is 3. The second-order valence-electron chi connectivity index (χ2n) is 2.58. The quantitative estimate of drug-likeness (QED) is 0.721. The van der Waals surface area contributed by atoms with E-state index < -0.39 is 5.97 Å². The summed E-state index contributed by atoms with van der Waals surface area (Å²) in [5, 5.41) is 0. The summed E-state index contributed by atoms with van der Waals surface area (Å²) in [6.45, 7) is 0. The highest BCUT2D eigenvalue weighted by atomic mass is 79.9. The number of esters is 1. The monoisotopic (exact) mass is 255 g/mol. The maximum Gasteiger partial charge on any atom is 0.358 e. The fourth-order valence-electron chi connectivity index (χ4n) is 1.09. The summed E-state index contributed by atoms with van der Waals surface area (Å²) < 4.78 is 7.00. The lowest BCUT2D eigenvalue weighted by molar-refractivity contribution is 0.0595. The van der Waals surface area contributed by atoms with Crippen LogP contribution < -0.4 is 0 Å². The van der Waals surface area contributed by atoms with Gasteiger partial charge in [0.25, 0.3) is 0 Å². The Bertz CT molecular complexity index is 494. The maximum absolute atomic E-state index is 11.2. The molecule has 14 heavy (non-hydrogen) atoms. The zero-order valence-electron chi connectivity index (χ0n) is 7.27. The van der Waals surface area contributed by atoms with Crippen molar-refractivity contribution in [3.63, 3.8) is 0 Å². The van der Waals surface area contributed by atoms with Crippen molar-refractivity contribution in [3.05, 3.63) is 28.9 Å². The molecule has 5 nitrogen and oxygen atoms in total. The number of hydrogen-bond donors (Lipinski definition) is 0. The molecule has 0 N–H and O–H groups in total. The molecule has 2 rings (SSSR count). The molecule has 2 aromatic heterocycles. The molecule has 0 spiro atoms. The van der Waals surface area contributed by atoms with Gasteiger partial charge >= 0.3 is 5.97 Å². The highest BCUT2D eigenvalue weighted by Crippen LogP contribution is 2.12. The Kier molecular flexibility index (Phi) is 2.20. The summed E-state index contributed by atoms with van der Waals surface area (Å²) in [6.07, 6.45) is 4.78. The van der Waals surface area contributed by atoms with Crippen molar-refractivity contribution in [1.82, 2.24) is 14.4 Å². The zero-order chi connectivity index (χ0) is 10.1. The van der Waals surface area contributed by atoms with E-state index in [2.05, 4.69) is 30.6 Å². The largest absolute Gasteiger partial charge is 0.464 e. The summed E-state index contributed by atoms with van der Waals surface area (Å²) in [4.78, 5) is 19.1. The van der Waals surface area contributed by atoms with E-state index in [4.69, 9.17) is 0 Å². The minimum Gasteiger partial charge on any atom is -0.464 e.